The fourth-order valence-electron chi connectivity index (χ4n) is 3.00. The Hall–Kier alpha value is -0.970. The number of nitrogens with one attached hydrogen (secondary N) is 1. The Kier molecular flexibility index (Phi) is 6.61. The van der Waals surface area contributed by atoms with Crippen LogP contribution in [0, 0.1) is 12.8 Å². The molecule has 0 bridgehead atoms. The van der Waals surface area contributed by atoms with Crippen LogP contribution in [0.15, 0.2) is 18.2 Å². The lowest BCUT2D eigenvalue weighted by Gasteiger charge is -2.34. The van der Waals surface area contributed by atoms with Gasteiger partial charge in [0.2, 0.25) is 0 Å². The molecule has 21 heavy (non-hydrogen) atoms. The largest absolute Gasteiger partial charge is 0.381 e. The van der Waals surface area contributed by atoms with Crippen molar-refractivity contribution >= 4 is 0 Å². The minimum absolute atomic E-state index is 0.570. The van der Waals surface area contributed by atoms with Crippen LogP contribution >= 0.6 is 0 Å². The van der Waals surface area contributed by atoms with Crippen molar-refractivity contribution in [2.24, 2.45) is 5.92 Å². The van der Waals surface area contributed by atoms with Crippen LogP contribution in [0.1, 0.15) is 31.2 Å². The fourth-order valence-corrected chi connectivity index (χ4v) is 3.00. The van der Waals surface area contributed by atoms with Crippen LogP contribution in [0.4, 0.5) is 0 Å². The van der Waals surface area contributed by atoms with Crippen molar-refractivity contribution in [3.63, 3.8) is 0 Å². The lowest BCUT2D eigenvalue weighted by atomic mass is 9.95. The van der Waals surface area contributed by atoms with Gasteiger partial charge in [0.15, 0.2) is 0 Å². The van der Waals surface area contributed by atoms with Crippen LogP contribution in [-0.2, 0) is 11.3 Å². The molecular formula is C17H29N3O. The molecule has 1 aromatic heterocycles. The van der Waals surface area contributed by atoms with Gasteiger partial charge in [-0.25, -0.2) is 0 Å². The third-order valence-electron chi connectivity index (χ3n) is 4.05. The molecule has 0 aliphatic carbocycles. The van der Waals surface area contributed by atoms with E-state index in [9.17, 15) is 0 Å². The van der Waals surface area contributed by atoms with Gasteiger partial charge in [-0.2, -0.15) is 0 Å². The highest BCUT2D eigenvalue weighted by atomic mass is 16.5. The van der Waals surface area contributed by atoms with Crippen molar-refractivity contribution in [2.45, 2.75) is 39.3 Å². The molecule has 2 atom stereocenters. The Morgan fingerprint density at radius 3 is 3.05 bits per heavy atom. The molecule has 1 fully saturated rings. The monoisotopic (exact) mass is 291 g/mol. The van der Waals surface area contributed by atoms with E-state index in [-0.39, 0.29) is 0 Å². The zero-order valence-corrected chi connectivity index (χ0v) is 13.6. The molecule has 4 nitrogen and oxygen atoms in total. The Balaban J connectivity index is 1.86. The molecule has 1 aromatic rings. The topological polar surface area (TPSA) is 37.4 Å². The summed E-state index contributed by atoms with van der Waals surface area (Å²) in [6.07, 6.45) is 2.31. The quantitative estimate of drug-likeness (QED) is 0.836. The fraction of sp³-hybridized carbons (Fsp3) is 0.706. The smallest absolute Gasteiger partial charge is 0.0547 e. The number of hydrogen-bond donors (Lipinski definition) is 1. The van der Waals surface area contributed by atoms with Crippen LogP contribution in [-0.4, -0.2) is 49.3 Å². The Morgan fingerprint density at radius 1 is 1.43 bits per heavy atom. The number of pyridine rings is 1. The van der Waals surface area contributed by atoms with Crippen LogP contribution in [0.2, 0.25) is 0 Å². The van der Waals surface area contributed by atoms with E-state index in [1.165, 1.54) is 6.42 Å². The molecule has 0 aromatic carbocycles. The normalized spacial score (nSPS) is 22.7. The summed E-state index contributed by atoms with van der Waals surface area (Å²) in [4.78, 5) is 6.95. The average molecular weight is 291 g/mol. The molecule has 0 amide bonds. The minimum Gasteiger partial charge on any atom is -0.381 e. The highest BCUT2D eigenvalue weighted by Gasteiger charge is 2.26. The van der Waals surface area contributed by atoms with E-state index < -0.39 is 0 Å². The van der Waals surface area contributed by atoms with E-state index in [0.29, 0.717) is 12.0 Å². The molecule has 0 saturated carbocycles. The van der Waals surface area contributed by atoms with Gasteiger partial charge in [-0.3, -0.25) is 4.98 Å². The van der Waals surface area contributed by atoms with Crippen molar-refractivity contribution < 1.29 is 4.74 Å². The minimum atomic E-state index is 0.570. The Labute approximate surface area is 128 Å². The number of hydrogen-bond acceptors (Lipinski definition) is 4. The van der Waals surface area contributed by atoms with Gasteiger partial charge in [-0.1, -0.05) is 13.0 Å². The summed E-state index contributed by atoms with van der Waals surface area (Å²) in [5, 5.41) is 3.68. The second-order valence-corrected chi connectivity index (χ2v) is 6.15. The SMILES string of the molecule is CCCNC1CCOCC1CN(C)Cc1cccc(C)n1. The number of ether oxygens (including phenoxy) is 1. The molecule has 2 unspecified atom stereocenters. The summed E-state index contributed by atoms with van der Waals surface area (Å²) in [5.41, 5.74) is 2.23. The lowest BCUT2D eigenvalue weighted by Crippen LogP contribution is -2.47. The molecule has 1 aliphatic rings. The maximum Gasteiger partial charge on any atom is 0.0547 e. The summed E-state index contributed by atoms with van der Waals surface area (Å²) in [6, 6.07) is 6.82. The van der Waals surface area contributed by atoms with Gasteiger partial charge in [-0.15, -0.1) is 0 Å². The standard InChI is InChI=1S/C17H29N3O/c1-4-9-18-17-8-10-21-13-15(17)11-20(3)12-16-7-5-6-14(2)19-16/h5-7,15,17-18H,4,8-13H2,1-3H3. The molecule has 4 heteroatoms. The zero-order valence-electron chi connectivity index (χ0n) is 13.6. The van der Waals surface area contributed by atoms with Crippen LogP contribution in [0.3, 0.4) is 0 Å². The van der Waals surface area contributed by atoms with E-state index in [1.807, 2.05) is 13.0 Å². The van der Waals surface area contributed by atoms with Gasteiger partial charge in [-0.05, 0) is 45.5 Å². The summed E-state index contributed by atoms with van der Waals surface area (Å²) in [6.45, 7) is 9.08. The molecule has 0 spiro atoms. The first-order valence-corrected chi connectivity index (χ1v) is 8.11. The summed E-state index contributed by atoms with van der Waals surface area (Å²) in [5.74, 6) is 0.570. The first-order chi connectivity index (χ1) is 10.2. The number of aryl methyl sites for hydroxylation is 1. The van der Waals surface area contributed by atoms with E-state index in [0.717, 1.165) is 50.7 Å². The second-order valence-electron chi connectivity index (χ2n) is 6.15. The third-order valence-corrected chi connectivity index (χ3v) is 4.05. The molecular weight excluding hydrogens is 262 g/mol. The van der Waals surface area contributed by atoms with E-state index >= 15 is 0 Å². The van der Waals surface area contributed by atoms with Crippen molar-refractivity contribution in [1.82, 2.24) is 15.2 Å². The van der Waals surface area contributed by atoms with Gasteiger partial charge in [0.1, 0.15) is 0 Å². The van der Waals surface area contributed by atoms with E-state index in [2.05, 4.69) is 41.3 Å². The second kappa shape index (κ2) is 8.47. The van der Waals surface area contributed by atoms with Gasteiger partial charge in [0.25, 0.3) is 0 Å². The predicted molar refractivity (Wildman–Crippen MR) is 86.3 cm³/mol. The average Bonchev–Trinajstić information content (AvgIpc) is 2.46. The molecule has 118 valence electrons. The molecule has 1 aliphatic heterocycles. The van der Waals surface area contributed by atoms with Gasteiger partial charge < -0.3 is 15.0 Å². The highest BCUT2D eigenvalue weighted by Crippen LogP contribution is 2.17. The lowest BCUT2D eigenvalue weighted by molar-refractivity contribution is 0.0188. The first-order valence-electron chi connectivity index (χ1n) is 8.11. The molecule has 2 rings (SSSR count). The van der Waals surface area contributed by atoms with Gasteiger partial charge in [0.05, 0.1) is 12.3 Å². The van der Waals surface area contributed by atoms with Crippen LogP contribution < -0.4 is 5.32 Å². The third kappa shape index (κ3) is 5.38. The summed E-state index contributed by atoms with van der Waals surface area (Å²) < 4.78 is 5.68. The zero-order chi connectivity index (χ0) is 15.1. The number of rotatable bonds is 7. The van der Waals surface area contributed by atoms with Crippen LogP contribution in [0.25, 0.3) is 0 Å². The van der Waals surface area contributed by atoms with Gasteiger partial charge in [0, 0.05) is 37.4 Å². The van der Waals surface area contributed by atoms with Crippen molar-refractivity contribution in [1.29, 1.82) is 0 Å². The highest BCUT2D eigenvalue weighted by molar-refractivity contribution is 5.09. The Morgan fingerprint density at radius 2 is 2.29 bits per heavy atom. The van der Waals surface area contributed by atoms with Crippen LogP contribution in [0.5, 0.6) is 0 Å². The number of nitrogens with zero attached hydrogens (tertiary/aromatic N) is 2. The van der Waals surface area contributed by atoms with Gasteiger partial charge >= 0.3 is 0 Å². The molecule has 1 saturated heterocycles. The van der Waals surface area contributed by atoms with Crippen molar-refractivity contribution in [3.8, 4) is 0 Å². The van der Waals surface area contributed by atoms with Crippen molar-refractivity contribution in [2.75, 3.05) is 33.4 Å². The molecule has 1 N–H and O–H groups in total. The number of aromatic nitrogens is 1. The van der Waals surface area contributed by atoms with Crippen molar-refractivity contribution in [3.05, 3.63) is 29.6 Å². The molecule has 0 radical (unpaired) electrons. The molecule has 2 heterocycles. The Bertz CT molecular complexity index is 424. The maximum absolute atomic E-state index is 5.68. The predicted octanol–water partition coefficient (Wildman–Crippen LogP) is 2.23. The first kappa shape index (κ1) is 16.4. The summed E-state index contributed by atoms with van der Waals surface area (Å²) >= 11 is 0. The maximum atomic E-state index is 5.68. The van der Waals surface area contributed by atoms with E-state index in [4.69, 9.17) is 4.74 Å². The van der Waals surface area contributed by atoms with E-state index in [1.54, 1.807) is 0 Å². The summed E-state index contributed by atoms with van der Waals surface area (Å²) in [7, 11) is 2.18.